The first-order chi connectivity index (χ1) is 16.3. The average molecular weight is 478 g/mol. The van der Waals surface area contributed by atoms with Crippen LogP contribution in [0.1, 0.15) is 40.7 Å². The van der Waals surface area contributed by atoms with E-state index in [4.69, 9.17) is 9.15 Å². The van der Waals surface area contributed by atoms with Gasteiger partial charge in [0.2, 0.25) is 5.76 Å². The third-order valence-corrected chi connectivity index (χ3v) is 5.28. The highest BCUT2D eigenvalue weighted by Crippen LogP contribution is 2.26. The Morgan fingerprint density at radius 3 is 2.68 bits per heavy atom. The van der Waals surface area contributed by atoms with Crippen LogP contribution in [0, 0.1) is 5.82 Å². The van der Waals surface area contributed by atoms with Crippen molar-refractivity contribution in [3.8, 4) is 5.75 Å². The maximum atomic E-state index is 14.0. The Morgan fingerprint density at radius 2 is 1.97 bits per heavy atom. The summed E-state index contributed by atoms with van der Waals surface area (Å²) in [4.78, 5) is 34.5. The SMILES string of the molecule is CCOC(=O)c1cnc(N2CCC(NC(=O)c3cnc4cc(OC(F)F)c(F)cc4c3)CC2)o1. The van der Waals surface area contributed by atoms with Crippen LogP contribution in [0.3, 0.4) is 0 Å². The number of ether oxygens (including phenoxy) is 2. The molecule has 1 aromatic carbocycles. The minimum atomic E-state index is -3.16. The number of pyridine rings is 1. The van der Waals surface area contributed by atoms with Gasteiger partial charge in [-0.15, -0.1) is 0 Å². The highest BCUT2D eigenvalue weighted by molar-refractivity contribution is 5.97. The Kier molecular flexibility index (Phi) is 6.85. The lowest BCUT2D eigenvalue weighted by molar-refractivity contribution is -0.0520. The van der Waals surface area contributed by atoms with Crippen LogP contribution in [0.5, 0.6) is 5.75 Å². The Labute approximate surface area is 191 Å². The smallest absolute Gasteiger partial charge is 0.387 e. The molecule has 0 bridgehead atoms. The molecule has 0 atom stereocenters. The summed E-state index contributed by atoms with van der Waals surface area (Å²) < 4.78 is 53.3. The fraction of sp³-hybridized carbons (Fsp3) is 0.364. The van der Waals surface area contributed by atoms with Gasteiger partial charge in [-0.25, -0.2) is 14.2 Å². The number of carbonyl (C=O) groups is 2. The van der Waals surface area contributed by atoms with Crippen LogP contribution < -0.4 is 15.0 Å². The third-order valence-electron chi connectivity index (χ3n) is 5.28. The normalized spacial score (nSPS) is 14.4. The standard InChI is InChI=1S/C22H21F3N4O5/c1-2-32-20(31)18-11-27-22(34-18)29-5-3-14(4-6-29)28-19(30)13-7-12-8-15(23)17(33-21(24)25)9-16(12)26-10-13/h7-11,14,21H,2-6H2,1H3,(H,28,30). The molecule has 0 aliphatic carbocycles. The predicted molar refractivity (Wildman–Crippen MR) is 113 cm³/mol. The zero-order valence-corrected chi connectivity index (χ0v) is 18.1. The molecule has 0 unspecified atom stereocenters. The molecule has 4 rings (SSSR count). The van der Waals surface area contributed by atoms with E-state index in [1.807, 2.05) is 4.90 Å². The van der Waals surface area contributed by atoms with Crippen LogP contribution in [0.4, 0.5) is 19.2 Å². The lowest BCUT2D eigenvalue weighted by atomic mass is 10.0. The van der Waals surface area contributed by atoms with E-state index >= 15 is 0 Å². The quantitative estimate of drug-likeness (QED) is 0.514. The molecule has 3 heterocycles. The molecule has 34 heavy (non-hydrogen) atoms. The van der Waals surface area contributed by atoms with Crippen LogP contribution in [-0.4, -0.2) is 54.2 Å². The van der Waals surface area contributed by atoms with Crippen molar-refractivity contribution in [2.24, 2.45) is 0 Å². The van der Waals surface area contributed by atoms with Crippen molar-refractivity contribution >= 4 is 28.8 Å². The monoisotopic (exact) mass is 478 g/mol. The number of piperidine rings is 1. The van der Waals surface area contributed by atoms with E-state index in [-0.39, 0.29) is 40.8 Å². The summed E-state index contributed by atoms with van der Waals surface area (Å²) >= 11 is 0. The van der Waals surface area contributed by atoms with Gasteiger partial charge in [-0.3, -0.25) is 9.78 Å². The van der Waals surface area contributed by atoms with E-state index in [2.05, 4.69) is 20.0 Å². The second kappa shape index (κ2) is 9.98. The molecule has 1 amide bonds. The van der Waals surface area contributed by atoms with Gasteiger partial charge in [0.25, 0.3) is 11.9 Å². The second-order valence-electron chi connectivity index (χ2n) is 7.54. The minimum absolute atomic E-state index is 0.0282. The van der Waals surface area contributed by atoms with E-state index in [1.54, 1.807) is 6.92 Å². The van der Waals surface area contributed by atoms with Gasteiger partial charge >= 0.3 is 12.6 Å². The first-order valence-electron chi connectivity index (χ1n) is 10.6. The van der Waals surface area contributed by atoms with Gasteiger partial charge in [-0.1, -0.05) is 0 Å². The third kappa shape index (κ3) is 5.21. The van der Waals surface area contributed by atoms with E-state index in [0.717, 1.165) is 12.1 Å². The number of oxazole rings is 1. The molecule has 1 aliphatic heterocycles. The first-order valence-corrected chi connectivity index (χ1v) is 10.6. The average Bonchev–Trinajstić information content (AvgIpc) is 3.30. The molecule has 3 aromatic rings. The van der Waals surface area contributed by atoms with Crippen molar-refractivity contribution in [1.82, 2.24) is 15.3 Å². The van der Waals surface area contributed by atoms with Crippen molar-refractivity contribution in [2.75, 3.05) is 24.6 Å². The summed E-state index contributed by atoms with van der Waals surface area (Å²) in [6, 6.07) is 3.67. The van der Waals surface area contributed by atoms with E-state index in [1.165, 1.54) is 18.5 Å². The van der Waals surface area contributed by atoms with Gasteiger partial charge in [-0.2, -0.15) is 8.78 Å². The van der Waals surface area contributed by atoms with Crippen molar-refractivity contribution in [3.05, 3.63) is 47.7 Å². The molecule has 1 saturated heterocycles. The highest BCUT2D eigenvalue weighted by Gasteiger charge is 2.25. The Morgan fingerprint density at radius 1 is 1.21 bits per heavy atom. The zero-order valence-electron chi connectivity index (χ0n) is 18.1. The van der Waals surface area contributed by atoms with Crippen LogP contribution in [0.25, 0.3) is 10.9 Å². The van der Waals surface area contributed by atoms with Crippen molar-refractivity contribution < 1.29 is 36.7 Å². The molecule has 0 saturated carbocycles. The van der Waals surface area contributed by atoms with E-state index < -0.39 is 24.1 Å². The second-order valence-corrected chi connectivity index (χ2v) is 7.54. The maximum Gasteiger partial charge on any atom is 0.387 e. The largest absolute Gasteiger partial charge is 0.460 e. The summed E-state index contributed by atoms with van der Waals surface area (Å²) in [7, 11) is 0. The number of anilines is 1. The van der Waals surface area contributed by atoms with Gasteiger partial charge in [0.1, 0.15) is 0 Å². The molecule has 2 aromatic heterocycles. The summed E-state index contributed by atoms with van der Waals surface area (Å²) in [6.45, 7) is -0.145. The van der Waals surface area contributed by atoms with Crippen LogP contribution in [-0.2, 0) is 4.74 Å². The predicted octanol–water partition coefficient (Wildman–Crippen LogP) is 3.54. The molecule has 0 spiro atoms. The number of carbonyl (C=O) groups excluding carboxylic acids is 2. The fourth-order valence-electron chi connectivity index (χ4n) is 3.63. The number of nitrogens with zero attached hydrogens (tertiary/aromatic N) is 3. The number of hydrogen-bond acceptors (Lipinski definition) is 8. The summed E-state index contributed by atoms with van der Waals surface area (Å²) in [5.41, 5.74) is 0.429. The van der Waals surface area contributed by atoms with E-state index in [0.29, 0.717) is 31.9 Å². The molecule has 0 radical (unpaired) electrons. The van der Waals surface area contributed by atoms with Crippen LogP contribution in [0.15, 0.2) is 35.0 Å². The lowest BCUT2D eigenvalue weighted by Crippen LogP contribution is -2.44. The molecule has 180 valence electrons. The molecule has 1 fully saturated rings. The number of rotatable bonds is 7. The lowest BCUT2D eigenvalue weighted by Gasteiger charge is -2.31. The zero-order chi connectivity index (χ0) is 24.2. The Hall–Kier alpha value is -3.83. The first kappa shape index (κ1) is 23.3. The summed E-state index contributed by atoms with van der Waals surface area (Å²) in [6.07, 6.45) is 3.82. The van der Waals surface area contributed by atoms with Gasteiger partial charge in [-0.05, 0) is 31.9 Å². The van der Waals surface area contributed by atoms with Gasteiger partial charge in [0.05, 0.1) is 23.9 Å². The van der Waals surface area contributed by atoms with E-state index in [9.17, 15) is 22.8 Å². The molecule has 12 heteroatoms. The number of hydrogen-bond donors (Lipinski definition) is 1. The number of esters is 1. The van der Waals surface area contributed by atoms with Gasteiger partial charge in [0, 0.05) is 36.8 Å². The molecule has 1 N–H and O–H groups in total. The molecular formula is C22H21F3N4O5. The number of aromatic nitrogens is 2. The summed E-state index contributed by atoms with van der Waals surface area (Å²) in [5.74, 6) is -2.52. The Bertz CT molecular complexity index is 1190. The number of nitrogens with one attached hydrogen (secondary N) is 1. The summed E-state index contributed by atoms with van der Waals surface area (Å²) in [5, 5.41) is 3.20. The number of halogens is 3. The molecule has 1 aliphatic rings. The number of alkyl halides is 2. The highest BCUT2D eigenvalue weighted by atomic mass is 19.3. The van der Waals surface area contributed by atoms with Crippen LogP contribution >= 0.6 is 0 Å². The molecule has 9 nitrogen and oxygen atoms in total. The van der Waals surface area contributed by atoms with Gasteiger partial charge in [0.15, 0.2) is 11.6 Å². The molecular weight excluding hydrogens is 457 g/mol. The van der Waals surface area contributed by atoms with Crippen molar-refractivity contribution in [2.45, 2.75) is 32.4 Å². The van der Waals surface area contributed by atoms with Crippen molar-refractivity contribution in [3.63, 3.8) is 0 Å². The minimum Gasteiger partial charge on any atom is -0.460 e. The fourth-order valence-corrected chi connectivity index (χ4v) is 3.63. The number of amides is 1. The van der Waals surface area contributed by atoms with Crippen molar-refractivity contribution in [1.29, 1.82) is 0 Å². The Balaban J connectivity index is 1.36. The van der Waals surface area contributed by atoms with Crippen LogP contribution in [0.2, 0.25) is 0 Å². The maximum absolute atomic E-state index is 14.0. The topological polar surface area (TPSA) is 107 Å². The number of benzene rings is 1. The van der Waals surface area contributed by atoms with Gasteiger partial charge < -0.3 is 24.1 Å². The number of fused-ring (bicyclic) bond motifs is 1.